The van der Waals surface area contributed by atoms with Crippen LogP contribution in [0.5, 0.6) is 0 Å². The molecule has 3 heterocycles. The van der Waals surface area contributed by atoms with E-state index in [-0.39, 0.29) is 49.0 Å². The second-order valence-electron chi connectivity index (χ2n) is 6.72. The van der Waals surface area contributed by atoms with Gasteiger partial charge in [-0.05, 0) is 29.8 Å². The highest BCUT2D eigenvalue weighted by Gasteiger charge is 2.31. The van der Waals surface area contributed by atoms with Crippen molar-refractivity contribution < 1.29 is 26.3 Å². The maximum Gasteiger partial charge on any atom is 0.416 e. The third kappa shape index (κ3) is 3.73. The molecule has 4 rings (SSSR count). The SMILES string of the molecule is O=c1n(Cc2cccc(C(F)(F)F)c2)nc2c(S(=O)(=O)N3CCOCC3)cccn12. The van der Waals surface area contributed by atoms with Crippen molar-refractivity contribution >= 4 is 15.7 Å². The van der Waals surface area contributed by atoms with Crippen LogP contribution in [0.2, 0.25) is 0 Å². The summed E-state index contributed by atoms with van der Waals surface area (Å²) >= 11 is 0. The Morgan fingerprint density at radius 2 is 1.83 bits per heavy atom. The lowest BCUT2D eigenvalue weighted by atomic mass is 10.1. The third-order valence-electron chi connectivity index (χ3n) is 4.75. The molecule has 0 radical (unpaired) electrons. The van der Waals surface area contributed by atoms with Crippen molar-refractivity contribution in [3.8, 4) is 0 Å². The van der Waals surface area contributed by atoms with Crippen LogP contribution in [0, 0.1) is 0 Å². The molecule has 0 atom stereocenters. The predicted octanol–water partition coefficient (Wildman–Crippen LogP) is 1.58. The molecule has 2 aromatic heterocycles. The molecule has 1 saturated heterocycles. The van der Waals surface area contributed by atoms with Gasteiger partial charge in [-0.1, -0.05) is 12.1 Å². The third-order valence-corrected chi connectivity index (χ3v) is 6.67. The van der Waals surface area contributed by atoms with Gasteiger partial charge in [0.15, 0.2) is 5.65 Å². The van der Waals surface area contributed by atoms with E-state index in [0.29, 0.717) is 0 Å². The maximum absolute atomic E-state index is 13.0. The zero-order valence-corrected chi connectivity index (χ0v) is 16.4. The van der Waals surface area contributed by atoms with Crippen molar-refractivity contribution in [1.82, 2.24) is 18.5 Å². The minimum atomic E-state index is -4.51. The maximum atomic E-state index is 13.0. The topological polar surface area (TPSA) is 85.9 Å². The highest BCUT2D eigenvalue weighted by molar-refractivity contribution is 7.89. The van der Waals surface area contributed by atoms with Crippen molar-refractivity contribution in [2.45, 2.75) is 17.6 Å². The molecule has 0 aliphatic carbocycles. The Labute approximate surface area is 169 Å². The first kappa shape index (κ1) is 20.6. The number of aromatic nitrogens is 3. The van der Waals surface area contributed by atoms with Crippen LogP contribution in [-0.2, 0) is 27.5 Å². The van der Waals surface area contributed by atoms with Crippen LogP contribution < -0.4 is 5.69 Å². The predicted molar refractivity (Wildman–Crippen MR) is 99.6 cm³/mol. The zero-order chi connectivity index (χ0) is 21.5. The van der Waals surface area contributed by atoms with Crippen molar-refractivity contribution in [3.63, 3.8) is 0 Å². The van der Waals surface area contributed by atoms with Crippen LogP contribution in [0.25, 0.3) is 5.65 Å². The lowest BCUT2D eigenvalue weighted by Crippen LogP contribution is -2.40. The summed E-state index contributed by atoms with van der Waals surface area (Å²) < 4.78 is 73.3. The van der Waals surface area contributed by atoms with Gasteiger partial charge in [0.05, 0.1) is 25.3 Å². The molecule has 12 heteroatoms. The van der Waals surface area contributed by atoms with E-state index in [1.165, 1.54) is 34.8 Å². The fourth-order valence-electron chi connectivity index (χ4n) is 3.26. The highest BCUT2D eigenvalue weighted by atomic mass is 32.2. The molecule has 1 aliphatic heterocycles. The van der Waals surface area contributed by atoms with E-state index in [1.807, 2.05) is 0 Å². The summed E-state index contributed by atoms with van der Waals surface area (Å²) in [5.74, 6) is 0. The van der Waals surface area contributed by atoms with Crippen molar-refractivity contribution in [2.24, 2.45) is 0 Å². The molecule has 1 aliphatic rings. The van der Waals surface area contributed by atoms with Crippen LogP contribution >= 0.6 is 0 Å². The van der Waals surface area contributed by atoms with Gasteiger partial charge in [0.25, 0.3) is 0 Å². The molecule has 160 valence electrons. The molecule has 1 fully saturated rings. The quantitative estimate of drug-likeness (QED) is 0.613. The van der Waals surface area contributed by atoms with Gasteiger partial charge in [0, 0.05) is 19.3 Å². The van der Waals surface area contributed by atoms with E-state index in [4.69, 9.17) is 4.74 Å². The van der Waals surface area contributed by atoms with Crippen LogP contribution in [-0.4, -0.2) is 53.2 Å². The minimum absolute atomic E-state index is 0.0824. The second-order valence-corrected chi connectivity index (χ2v) is 8.63. The number of sulfonamides is 1. The molecule has 1 aromatic carbocycles. The number of hydrogen-bond donors (Lipinski definition) is 0. The number of morpholine rings is 1. The Kier molecular flexibility index (Phi) is 5.16. The van der Waals surface area contributed by atoms with E-state index >= 15 is 0 Å². The zero-order valence-electron chi connectivity index (χ0n) is 15.5. The number of alkyl halides is 3. The average molecular weight is 442 g/mol. The van der Waals surface area contributed by atoms with E-state index in [2.05, 4.69) is 5.10 Å². The molecule has 0 spiro atoms. The van der Waals surface area contributed by atoms with Gasteiger partial charge in [0.1, 0.15) is 4.90 Å². The van der Waals surface area contributed by atoms with E-state index in [9.17, 15) is 26.4 Å². The number of pyridine rings is 1. The standard InChI is InChI=1S/C18H17F3N4O4S/c19-18(20,21)14-4-1-3-13(11-14)12-25-17(26)24-6-2-5-15(16(24)22-25)30(27,28)23-7-9-29-10-8-23/h1-6,11H,7-10,12H2. The minimum Gasteiger partial charge on any atom is -0.379 e. The number of nitrogens with zero attached hydrogens (tertiary/aromatic N) is 4. The van der Waals surface area contributed by atoms with Gasteiger partial charge in [-0.25, -0.2) is 22.3 Å². The van der Waals surface area contributed by atoms with Crippen molar-refractivity contribution in [2.75, 3.05) is 26.3 Å². The molecule has 0 amide bonds. The van der Waals surface area contributed by atoms with Crippen molar-refractivity contribution in [3.05, 3.63) is 64.2 Å². The molecule has 8 nitrogen and oxygen atoms in total. The monoisotopic (exact) mass is 442 g/mol. The summed E-state index contributed by atoms with van der Waals surface area (Å²) in [6, 6.07) is 7.31. The fourth-order valence-corrected chi connectivity index (χ4v) is 4.79. The van der Waals surface area contributed by atoms with E-state index in [0.717, 1.165) is 21.2 Å². The normalized spacial score (nSPS) is 16.2. The molecule has 0 N–H and O–H groups in total. The smallest absolute Gasteiger partial charge is 0.379 e. The first-order valence-electron chi connectivity index (χ1n) is 9.00. The summed E-state index contributed by atoms with van der Waals surface area (Å²) in [5, 5.41) is 4.11. The molecule has 30 heavy (non-hydrogen) atoms. The van der Waals surface area contributed by atoms with Gasteiger partial charge in [-0.15, -0.1) is 5.10 Å². The molecule has 0 saturated carbocycles. The summed E-state index contributed by atoms with van der Waals surface area (Å²) in [5.41, 5.74) is -1.36. The number of fused-ring (bicyclic) bond motifs is 1. The van der Waals surface area contributed by atoms with Crippen molar-refractivity contribution in [1.29, 1.82) is 0 Å². The fraction of sp³-hybridized carbons (Fsp3) is 0.333. The Morgan fingerprint density at radius 3 is 2.53 bits per heavy atom. The lowest BCUT2D eigenvalue weighted by Gasteiger charge is -2.25. The van der Waals surface area contributed by atoms with E-state index in [1.54, 1.807) is 0 Å². The van der Waals surface area contributed by atoms with Crippen LogP contribution in [0.1, 0.15) is 11.1 Å². The van der Waals surface area contributed by atoms with Gasteiger partial charge in [-0.3, -0.25) is 0 Å². The largest absolute Gasteiger partial charge is 0.416 e. The summed E-state index contributed by atoms with van der Waals surface area (Å²) in [7, 11) is -3.92. The molecule has 3 aromatic rings. The lowest BCUT2D eigenvalue weighted by molar-refractivity contribution is -0.137. The van der Waals surface area contributed by atoms with Gasteiger partial charge >= 0.3 is 11.9 Å². The Hall–Kier alpha value is -2.70. The number of rotatable bonds is 4. The first-order valence-corrected chi connectivity index (χ1v) is 10.4. The van der Waals surface area contributed by atoms with Gasteiger partial charge in [-0.2, -0.15) is 17.5 Å². The second kappa shape index (κ2) is 7.52. The number of ether oxygens (including phenoxy) is 1. The van der Waals surface area contributed by atoms with Crippen LogP contribution in [0.15, 0.2) is 52.3 Å². The summed E-state index contributed by atoms with van der Waals surface area (Å²) in [6.07, 6.45) is -3.15. The molecular formula is C18H17F3N4O4S. The molecule has 0 unspecified atom stereocenters. The van der Waals surface area contributed by atoms with Crippen LogP contribution in [0.3, 0.4) is 0 Å². The highest BCUT2D eigenvalue weighted by Crippen LogP contribution is 2.29. The Bertz CT molecular complexity index is 1240. The van der Waals surface area contributed by atoms with Crippen LogP contribution in [0.4, 0.5) is 13.2 Å². The average Bonchev–Trinajstić information content (AvgIpc) is 3.04. The summed E-state index contributed by atoms with van der Waals surface area (Å²) in [4.78, 5) is 12.5. The number of halogens is 3. The van der Waals surface area contributed by atoms with E-state index < -0.39 is 27.5 Å². The summed E-state index contributed by atoms with van der Waals surface area (Å²) in [6.45, 7) is 0.650. The Balaban J connectivity index is 1.75. The number of benzene rings is 1. The molecular weight excluding hydrogens is 425 g/mol. The molecule has 0 bridgehead atoms. The number of hydrogen-bond acceptors (Lipinski definition) is 5. The van der Waals surface area contributed by atoms with Gasteiger partial charge in [0.2, 0.25) is 10.0 Å². The first-order chi connectivity index (χ1) is 14.2. The Morgan fingerprint density at radius 1 is 1.10 bits per heavy atom. The van der Waals surface area contributed by atoms with Gasteiger partial charge < -0.3 is 4.74 Å².